The number of anilines is 1. The Kier molecular flexibility index (Phi) is 6.26. The number of ether oxygens (including phenoxy) is 1. The standard InChI is InChI=1S/C13H17F3N2O3/c1-2-21-11-7-5-6-10(12(11)18(19)20)17-9-4-3-8-13(14,15)16/h5-7,17H,2-4,8-9H2,1H3. The van der Waals surface area contributed by atoms with Gasteiger partial charge in [-0.3, -0.25) is 10.1 Å². The average molecular weight is 306 g/mol. The first kappa shape index (κ1) is 17.1. The number of unbranched alkanes of at least 4 members (excludes halogenated alkanes) is 1. The van der Waals surface area contributed by atoms with E-state index >= 15 is 0 Å². The van der Waals surface area contributed by atoms with Crippen molar-refractivity contribution in [2.45, 2.75) is 32.4 Å². The summed E-state index contributed by atoms with van der Waals surface area (Å²) in [4.78, 5) is 10.5. The van der Waals surface area contributed by atoms with Gasteiger partial charge in [0, 0.05) is 13.0 Å². The number of nitro groups is 1. The fraction of sp³-hybridized carbons (Fsp3) is 0.538. The number of nitro benzene ring substituents is 1. The van der Waals surface area contributed by atoms with Gasteiger partial charge in [0.1, 0.15) is 5.69 Å². The highest BCUT2D eigenvalue weighted by Crippen LogP contribution is 2.34. The molecule has 118 valence electrons. The van der Waals surface area contributed by atoms with Gasteiger partial charge in [-0.15, -0.1) is 0 Å². The van der Waals surface area contributed by atoms with E-state index in [4.69, 9.17) is 4.74 Å². The van der Waals surface area contributed by atoms with Crippen molar-refractivity contribution in [1.82, 2.24) is 0 Å². The van der Waals surface area contributed by atoms with E-state index in [-0.39, 0.29) is 43.1 Å². The van der Waals surface area contributed by atoms with Gasteiger partial charge in [0.2, 0.25) is 0 Å². The van der Waals surface area contributed by atoms with Gasteiger partial charge in [-0.25, -0.2) is 0 Å². The lowest BCUT2D eigenvalue weighted by molar-refractivity contribution is -0.384. The summed E-state index contributed by atoms with van der Waals surface area (Å²) in [5, 5.41) is 13.9. The lowest BCUT2D eigenvalue weighted by Gasteiger charge is -2.10. The van der Waals surface area contributed by atoms with Crippen LogP contribution in [-0.4, -0.2) is 24.3 Å². The summed E-state index contributed by atoms with van der Waals surface area (Å²) in [6.07, 6.45) is -4.76. The van der Waals surface area contributed by atoms with Crippen LogP contribution in [0, 0.1) is 10.1 Å². The van der Waals surface area contributed by atoms with Crippen molar-refractivity contribution in [3.8, 4) is 5.75 Å². The minimum atomic E-state index is -4.17. The highest BCUT2D eigenvalue weighted by molar-refractivity contribution is 5.68. The summed E-state index contributed by atoms with van der Waals surface area (Å²) in [5.41, 5.74) is 0.0492. The van der Waals surface area contributed by atoms with E-state index < -0.39 is 17.5 Å². The van der Waals surface area contributed by atoms with E-state index in [0.29, 0.717) is 0 Å². The molecule has 1 rings (SSSR count). The second kappa shape index (κ2) is 7.70. The molecular weight excluding hydrogens is 289 g/mol. The third kappa shape index (κ3) is 5.88. The molecule has 0 spiro atoms. The minimum absolute atomic E-state index is 0.0184. The molecule has 0 aliphatic heterocycles. The van der Waals surface area contributed by atoms with Gasteiger partial charge in [-0.05, 0) is 31.9 Å². The fourth-order valence-corrected chi connectivity index (χ4v) is 1.80. The Morgan fingerprint density at radius 3 is 2.62 bits per heavy atom. The van der Waals surface area contributed by atoms with Crippen LogP contribution in [-0.2, 0) is 0 Å². The average Bonchev–Trinajstić information content (AvgIpc) is 2.37. The molecule has 5 nitrogen and oxygen atoms in total. The van der Waals surface area contributed by atoms with Crippen LogP contribution in [0.5, 0.6) is 5.75 Å². The summed E-state index contributed by atoms with van der Waals surface area (Å²) >= 11 is 0. The normalized spacial score (nSPS) is 11.2. The van der Waals surface area contributed by atoms with Crippen molar-refractivity contribution in [1.29, 1.82) is 0 Å². The zero-order valence-electron chi connectivity index (χ0n) is 11.6. The lowest BCUT2D eigenvalue weighted by atomic mass is 10.2. The van der Waals surface area contributed by atoms with Crippen molar-refractivity contribution in [2.24, 2.45) is 0 Å². The maximum atomic E-state index is 12.0. The number of nitrogens with one attached hydrogen (secondary N) is 1. The second-order valence-electron chi connectivity index (χ2n) is 4.34. The first-order valence-electron chi connectivity index (χ1n) is 6.56. The van der Waals surface area contributed by atoms with Crippen LogP contribution in [0.1, 0.15) is 26.2 Å². The Bertz CT molecular complexity index is 478. The number of halogens is 3. The van der Waals surface area contributed by atoms with Crippen molar-refractivity contribution in [3.05, 3.63) is 28.3 Å². The monoisotopic (exact) mass is 306 g/mol. The van der Waals surface area contributed by atoms with Crippen molar-refractivity contribution < 1.29 is 22.8 Å². The predicted octanol–water partition coefficient (Wildman–Crippen LogP) is 4.14. The van der Waals surface area contributed by atoms with Gasteiger partial charge in [-0.1, -0.05) is 6.07 Å². The molecule has 1 N–H and O–H groups in total. The quantitative estimate of drug-likeness (QED) is 0.445. The zero-order chi connectivity index (χ0) is 15.9. The van der Waals surface area contributed by atoms with E-state index in [9.17, 15) is 23.3 Å². The van der Waals surface area contributed by atoms with Crippen LogP contribution in [0.15, 0.2) is 18.2 Å². The molecule has 0 fully saturated rings. The molecule has 0 bridgehead atoms. The molecule has 21 heavy (non-hydrogen) atoms. The lowest BCUT2D eigenvalue weighted by Crippen LogP contribution is -2.09. The number of hydrogen-bond donors (Lipinski definition) is 1. The molecule has 0 atom stereocenters. The molecule has 0 radical (unpaired) electrons. The van der Waals surface area contributed by atoms with Gasteiger partial charge >= 0.3 is 11.9 Å². The van der Waals surface area contributed by atoms with Crippen LogP contribution in [0.2, 0.25) is 0 Å². The molecule has 0 aliphatic rings. The number of hydrogen-bond acceptors (Lipinski definition) is 4. The molecule has 0 aliphatic carbocycles. The first-order valence-corrected chi connectivity index (χ1v) is 6.56. The van der Waals surface area contributed by atoms with E-state index in [2.05, 4.69) is 5.32 Å². The second-order valence-corrected chi connectivity index (χ2v) is 4.34. The van der Waals surface area contributed by atoms with Gasteiger partial charge < -0.3 is 10.1 Å². The molecular formula is C13H17F3N2O3. The number of nitrogens with zero attached hydrogens (tertiary/aromatic N) is 1. The predicted molar refractivity (Wildman–Crippen MR) is 72.7 cm³/mol. The van der Waals surface area contributed by atoms with Crippen molar-refractivity contribution in [2.75, 3.05) is 18.5 Å². The Morgan fingerprint density at radius 2 is 2.05 bits per heavy atom. The molecule has 1 aromatic rings. The molecule has 0 heterocycles. The maximum absolute atomic E-state index is 12.0. The SMILES string of the molecule is CCOc1cccc(NCCCCC(F)(F)F)c1[N+](=O)[O-]. The summed E-state index contributed by atoms with van der Waals surface area (Å²) in [6.45, 7) is 2.23. The van der Waals surface area contributed by atoms with Crippen molar-refractivity contribution in [3.63, 3.8) is 0 Å². The number of rotatable bonds is 8. The summed E-state index contributed by atoms with van der Waals surface area (Å²) in [5.74, 6) is 0.141. The van der Waals surface area contributed by atoms with Gasteiger partial charge in [0.15, 0.2) is 5.75 Å². The Labute approximate surface area is 120 Å². The van der Waals surface area contributed by atoms with Gasteiger partial charge in [-0.2, -0.15) is 13.2 Å². The van der Waals surface area contributed by atoms with Gasteiger partial charge in [0.25, 0.3) is 0 Å². The largest absolute Gasteiger partial charge is 0.487 e. The van der Waals surface area contributed by atoms with Crippen LogP contribution in [0.25, 0.3) is 0 Å². The zero-order valence-corrected chi connectivity index (χ0v) is 11.6. The Morgan fingerprint density at radius 1 is 1.33 bits per heavy atom. The third-order valence-electron chi connectivity index (χ3n) is 2.68. The fourth-order valence-electron chi connectivity index (χ4n) is 1.80. The van der Waals surface area contributed by atoms with E-state index in [1.807, 2.05) is 0 Å². The first-order chi connectivity index (χ1) is 9.85. The third-order valence-corrected chi connectivity index (χ3v) is 2.68. The minimum Gasteiger partial charge on any atom is -0.487 e. The molecule has 0 saturated carbocycles. The van der Waals surface area contributed by atoms with Gasteiger partial charge in [0.05, 0.1) is 11.5 Å². The topological polar surface area (TPSA) is 64.4 Å². The molecule has 1 aromatic carbocycles. The smallest absolute Gasteiger partial charge is 0.389 e. The number of para-hydroxylation sites is 1. The van der Waals surface area contributed by atoms with Crippen molar-refractivity contribution >= 4 is 11.4 Å². The Balaban J connectivity index is 2.62. The van der Waals surface area contributed by atoms with Crippen LogP contribution in [0.4, 0.5) is 24.5 Å². The highest BCUT2D eigenvalue weighted by Gasteiger charge is 2.26. The van der Waals surface area contributed by atoms with Crippen LogP contribution < -0.4 is 10.1 Å². The molecule has 0 aromatic heterocycles. The van der Waals surface area contributed by atoms with E-state index in [0.717, 1.165) is 0 Å². The molecule has 0 saturated heterocycles. The summed E-state index contributed by atoms with van der Waals surface area (Å²) in [6, 6.07) is 4.58. The maximum Gasteiger partial charge on any atom is 0.389 e. The molecule has 0 amide bonds. The Hall–Kier alpha value is -1.99. The molecule has 0 unspecified atom stereocenters. The van der Waals surface area contributed by atoms with E-state index in [1.165, 1.54) is 12.1 Å². The highest BCUT2D eigenvalue weighted by atomic mass is 19.4. The summed E-state index contributed by atoms with van der Waals surface area (Å²) in [7, 11) is 0. The number of alkyl halides is 3. The van der Waals surface area contributed by atoms with Crippen LogP contribution in [0.3, 0.4) is 0 Å². The van der Waals surface area contributed by atoms with Crippen LogP contribution >= 0.6 is 0 Å². The number of benzene rings is 1. The summed E-state index contributed by atoms with van der Waals surface area (Å²) < 4.78 is 41.1. The van der Waals surface area contributed by atoms with E-state index in [1.54, 1.807) is 13.0 Å². The molecule has 8 heteroatoms.